The second kappa shape index (κ2) is 9.17. The molecule has 1 heterocycles. The summed E-state index contributed by atoms with van der Waals surface area (Å²) in [6.45, 7) is 3.24. The maximum atomic E-state index is 12.6. The lowest BCUT2D eigenvalue weighted by Crippen LogP contribution is -2.08. The largest absolute Gasteiger partial charge is 0.490 e. The number of ether oxygens (including phenoxy) is 2. The van der Waals surface area contributed by atoms with Crippen LogP contribution in [0.5, 0.6) is 11.5 Å². The number of nitrogens with zero attached hydrogens (tertiary/aromatic N) is 1. The number of pyridine rings is 1. The predicted octanol–water partition coefficient (Wildman–Crippen LogP) is 4.87. The maximum Gasteiger partial charge on any atom is 0.387 e. The van der Waals surface area contributed by atoms with Gasteiger partial charge in [-0.3, -0.25) is 4.79 Å². The second-order valence-electron chi connectivity index (χ2n) is 5.95. The summed E-state index contributed by atoms with van der Waals surface area (Å²) in [7, 11) is 0. The second-order valence-corrected chi connectivity index (χ2v) is 5.95. The highest BCUT2D eigenvalue weighted by Gasteiger charge is 2.11. The molecular formula is C20H23F2NO3. The molecule has 0 atom stereocenters. The topological polar surface area (TPSA) is 40.5 Å². The van der Waals surface area contributed by atoms with E-state index in [1.54, 1.807) is 24.3 Å². The molecule has 0 fully saturated rings. The number of unbranched alkanes of at least 4 members (excludes halogenated alkanes) is 1. The lowest BCUT2D eigenvalue weighted by Gasteiger charge is -2.13. The Morgan fingerprint density at radius 2 is 1.81 bits per heavy atom. The number of halogens is 2. The first kappa shape index (κ1) is 19.7. The van der Waals surface area contributed by atoms with Crippen LogP contribution in [-0.2, 0) is 0 Å². The Bertz CT molecular complexity index is 802. The van der Waals surface area contributed by atoms with E-state index in [0.29, 0.717) is 6.61 Å². The van der Waals surface area contributed by atoms with Crippen LogP contribution in [0.25, 0.3) is 12.3 Å². The summed E-state index contributed by atoms with van der Waals surface area (Å²) in [5.74, 6) is 0.304. The van der Waals surface area contributed by atoms with Gasteiger partial charge in [0.05, 0.1) is 6.61 Å². The quantitative estimate of drug-likeness (QED) is 0.628. The van der Waals surface area contributed by atoms with Gasteiger partial charge in [0.15, 0.2) is 16.9 Å². The molecule has 0 amide bonds. The van der Waals surface area contributed by atoms with Crippen molar-refractivity contribution < 1.29 is 18.3 Å². The van der Waals surface area contributed by atoms with Crippen LogP contribution in [0.4, 0.5) is 8.78 Å². The van der Waals surface area contributed by atoms with Gasteiger partial charge in [-0.05, 0) is 44.0 Å². The molecule has 0 aliphatic heterocycles. The minimum absolute atomic E-state index is 0.0176. The number of aryl methyl sites for hydroxylation is 2. The van der Waals surface area contributed by atoms with E-state index in [-0.39, 0.29) is 16.9 Å². The van der Waals surface area contributed by atoms with Gasteiger partial charge in [0.2, 0.25) is 0 Å². The SMILES string of the molecule is CCCCOc1cc(/C=C/n2c(C)cc(=O)cc2C)ccc1OC(F)F. The van der Waals surface area contributed by atoms with Gasteiger partial charge in [-0.2, -0.15) is 8.78 Å². The molecule has 0 N–H and O–H groups in total. The fourth-order valence-electron chi connectivity index (χ4n) is 2.53. The van der Waals surface area contributed by atoms with E-state index in [1.165, 1.54) is 6.07 Å². The highest BCUT2D eigenvalue weighted by Crippen LogP contribution is 2.30. The van der Waals surface area contributed by atoms with Gasteiger partial charge in [-0.25, -0.2) is 0 Å². The third-order valence-corrected chi connectivity index (χ3v) is 3.82. The zero-order valence-electron chi connectivity index (χ0n) is 15.2. The Kier molecular flexibility index (Phi) is 6.95. The fraction of sp³-hybridized carbons (Fsp3) is 0.350. The number of benzene rings is 1. The molecule has 0 aliphatic carbocycles. The highest BCUT2D eigenvalue weighted by molar-refractivity contribution is 5.64. The number of rotatable bonds is 8. The lowest BCUT2D eigenvalue weighted by molar-refractivity contribution is -0.0515. The number of hydrogen-bond acceptors (Lipinski definition) is 3. The molecular weight excluding hydrogens is 340 g/mol. The van der Waals surface area contributed by atoms with E-state index >= 15 is 0 Å². The number of alkyl halides is 2. The van der Waals surface area contributed by atoms with Crippen LogP contribution in [0.3, 0.4) is 0 Å². The summed E-state index contributed by atoms with van der Waals surface area (Å²) >= 11 is 0. The van der Waals surface area contributed by atoms with Crippen molar-refractivity contribution in [3.8, 4) is 11.5 Å². The zero-order valence-corrected chi connectivity index (χ0v) is 15.2. The molecule has 1 aromatic heterocycles. The van der Waals surface area contributed by atoms with Gasteiger partial charge in [0.1, 0.15) is 0 Å². The van der Waals surface area contributed by atoms with Gasteiger partial charge >= 0.3 is 6.61 Å². The lowest BCUT2D eigenvalue weighted by atomic mass is 10.2. The summed E-state index contributed by atoms with van der Waals surface area (Å²) in [5.41, 5.74) is 2.35. The number of hydrogen-bond donors (Lipinski definition) is 0. The first-order chi connectivity index (χ1) is 12.4. The summed E-state index contributed by atoms with van der Waals surface area (Å²) in [6, 6.07) is 7.91. The number of aromatic nitrogens is 1. The predicted molar refractivity (Wildman–Crippen MR) is 98.9 cm³/mol. The van der Waals surface area contributed by atoms with E-state index < -0.39 is 6.61 Å². The van der Waals surface area contributed by atoms with Crippen LogP contribution in [0.1, 0.15) is 36.7 Å². The molecule has 140 valence electrons. The first-order valence-electron chi connectivity index (χ1n) is 8.50. The van der Waals surface area contributed by atoms with Gasteiger partial charge in [-0.1, -0.05) is 19.4 Å². The Balaban J connectivity index is 2.29. The minimum atomic E-state index is -2.91. The average molecular weight is 363 g/mol. The Morgan fingerprint density at radius 1 is 1.12 bits per heavy atom. The molecule has 0 saturated heterocycles. The summed E-state index contributed by atoms with van der Waals surface area (Å²) in [6.07, 6.45) is 5.41. The standard InChI is InChI=1S/C20H23F2NO3/c1-4-5-10-25-19-13-16(6-7-18(19)26-20(21)22)8-9-23-14(2)11-17(24)12-15(23)3/h6-9,11-13,20H,4-5,10H2,1-3H3/b9-8+. The molecule has 0 radical (unpaired) electrons. The minimum Gasteiger partial charge on any atom is -0.490 e. The highest BCUT2D eigenvalue weighted by atomic mass is 19.3. The first-order valence-corrected chi connectivity index (χ1v) is 8.50. The molecule has 26 heavy (non-hydrogen) atoms. The molecule has 0 unspecified atom stereocenters. The van der Waals surface area contributed by atoms with Crippen molar-refractivity contribution in [2.75, 3.05) is 6.61 Å². The summed E-state index contributed by atoms with van der Waals surface area (Å²) < 4.78 is 37.1. The van der Waals surface area contributed by atoms with Crippen LogP contribution in [-0.4, -0.2) is 17.8 Å². The van der Waals surface area contributed by atoms with E-state index in [4.69, 9.17) is 4.74 Å². The van der Waals surface area contributed by atoms with Crippen molar-refractivity contribution in [3.05, 3.63) is 57.5 Å². The normalized spacial score (nSPS) is 11.3. The molecule has 2 rings (SSSR count). The molecule has 1 aromatic carbocycles. The average Bonchev–Trinajstić information content (AvgIpc) is 2.55. The van der Waals surface area contributed by atoms with Crippen molar-refractivity contribution in [1.82, 2.24) is 4.57 Å². The van der Waals surface area contributed by atoms with Crippen LogP contribution < -0.4 is 14.9 Å². The van der Waals surface area contributed by atoms with Crippen LogP contribution in [0.15, 0.2) is 35.1 Å². The van der Waals surface area contributed by atoms with Crippen LogP contribution in [0, 0.1) is 13.8 Å². The molecule has 4 nitrogen and oxygen atoms in total. The van der Waals surface area contributed by atoms with E-state index in [0.717, 1.165) is 29.8 Å². The van der Waals surface area contributed by atoms with Crippen LogP contribution in [0.2, 0.25) is 0 Å². The summed E-state index contributed by atoms with van der Waals surface area (Å²) in [5, 5.41) is 0. The van der Waals surface area contributed by atoms with Crippen LogP contribution >= 0.6 is 0 Å². The smallest absolute Gasteiger partial charge is 0.387 e. The Morgan fingerprint density at radius 3 is 2.42 bits per heavy atom. The molecule has 2 aromatic rings. The maximum absolute atomic E-state index is 12.6. The Hall–Kier alpha value is -2.63. The van der Waals surface area contributed by atoms with Crippen molar-refractivity contribution in [1.29, 1.82) is 0 Å². The third-order valence-electron chi connectivity index (χ3n) is 3.82. The molecule has 0 aliphatic rings. The van der Waals surface area contributed by atoms with E-state index in [1.807, 2.05) is 37.6 Å². The fourth-order valence-corrected chi connectivity index (χ4v) is 2.53. The van der Waals surface area contributed by atoms with Gasteiger partial charge in [0.25, 0.3) is 0 Å². The summed E-state index contributed by atoms with van der Waals surface area (Å²) in [4.78, 5) is 11.5. The van der Waals surface area contributed by atoms with Gasteiger partial charge in [-0.15, -0.1) is 0 Å². The molecule has 0 bridgehead atoms. The van der Waals surface area contributed by atoms with E-state index in [9.17, 15) is 13.6 Å². The Labute approximate surface area is 151 Å². The van der Waals surface area contributed by atoms with Crippen molar-refractivity contribution >= 4 is 12.3 Å². The molecule has 6 heteroatoms. The molecule has 0 saturated carbocycles. The van der Waals surface area contributed by atoms with Gasteiger partial charge in [0, 0.05) is 29.7 Å². The van der Waals surface area contributed by atoms with E-state index in [2.05, 4.69) is 4.74 Å². The van der Waals surface area contributed by atoms with Crippen molar-refractivity contribution in [2.45, 2.75) is 40.2 Å². The molecule has 0 spiro atoms. The van der Waals surface area contributed by atoms with Crippen molar-refractivity contribution in [2.24, 2.45) is 0 Å². The monoisotopic (exact) mass is 363 g/mol. The third kappa shape index (κ3) is 5.44. The zero-order chi connectivity index (χ0) is 19.1. The van der Waals surface area contributed by atoms with Gasteiger partial charge < -0.3 is 14.0 Å². The van der Waals surface area contributed by atoms with Crippen molar-refractivity contribution in [3.63, 3.8) is 0 Å².